The van der Waals surface area contributed by atoms with Crippen molar-refractivity contribution < 1.29 is 23.3 Å². The molecule has 5 atom stereocenters. The van der Waals surface area contributed by atoms with Crippen LogP contribution in [-0.2, 0) is 18.2 Å². The van der Waals surface area contributed by atoms with Gasteiger partial charge in [-0.2, -0.15) is 0 Å². The average Bonchev–Trinajstić information content (AvgIpc) is 2.92. The number of rotatable bonds is 12. The van der Waals surface area contributed by atoms with E-state index in [4.69, 9.17) is 31.3 Å². The van der Waals surface area contributed by atoms with Crippen LogP contribution in [0.5, 0.6) is 0 Å². The Morgan fingerprint density at radius 1 is 1.27 bits per heavy atom. The van der Waals surface area contributed by atoms with Crippen LogP contribution in [-0.4, -0.2) is 83.5 Å². The van der Waals surface area contributed by atoms with Gasteiger partial charge in [0, 0.05) is 12.1 Å². The van der Waals surface area contributed by atoms with Crippen molar-refractivity contribution in [3.05, 3.63) is 11.4 Å². The molecule has 0 aliphatic carbocycles. The minimum Gasteiger partial charge on any atom is -0.409 e. The zero-order chi connectivity index (χ0) is 24.0. The summed E-state index contributed by atoms with van der Waals surface area (Å²) in [7, 11) is -1.46. The largest absolute Gasteiger partial charge is 0.409 e. The fourth-order valence-corrected chi connectivity index (χ4v) is 6.14. The molecular formula is C20H42BN2O5PSi. The van der Waals surface area contributed by atoms with E-state index in [9.17, 15) is 0 Å². The number of hydrogen-bond acceptors (Lipinski definition) is 6. The Morgan fingerprint density at radius 2 is 1.87 bits per heavy atom. The van der Waals surface area contributed by atoms with Gasteiger partial charge in [-0.05, 0) is 45.8 Å². The number of ether oxygens (including phenoxy) is 1. The maximum atomic E-state index is 7.69. The van der Waals surface area contributed by atoms with Crippen molar-refractivity contribution in [2.75, 3.05) is 19.8 Å². The molecule has 1 fully saturated rings. The van der Waals surface area contributed by atoms with E-state index in [-0.39, 0.29) is 35.8 Å². The third-order valence-electron chi connectivity index (χ3n) is 5.78. The Balaban J connectivity index is 2.91. The minimum atomic E-state index is -2.05. The zero-order valence-electron chi connectivity index (χ0n) is 21.5. The van der Waals surface area contributed by atoms with Crippen molar-refractivity contribution in [2.45, 2.75) is 103 Å². The standard InChI is InChI=1S/C20H42BN2O5PSi/c1-14(2)23(15(3)4)29(25-12-11-22-8)26-13-16-17(24)18(19(21)27-16)28-30(9,10)20(5,6)7/h14-19,24H,11-13,21H2,1-7,9-10H3/t16-,17+,18?,19-,29?/m1/s1/i24D. The van der Waals surface area contributed by atoms with Crippen molar-refractivity contribution in [1.29, 1.82) is 1.43 Å². The van der Waals surface area contributed by atoms with Crippen LogP contribution < -0.4 is 0 Å². The van der Waals surface area contributed by atoms with E-state index < -0.39 is 29.1 Å². The second-order valence-corrected chi connectivity index (χ2v) is 16.2. The van der Waals surface area contributed by atoms with E-state index in [2.05, 4.69) is 71.1 Å². The highest BCUT2D eigenvalue weighted by Gasteiger charge is 2.48. The fraction of sp³-hybridized carbons (Fsp3) is 0.950. The van der Waals surface area contributed by atoms with E-state index in [0.717, 1.165) is 0 Å². The minimum absolute atomic E-state index is 0.0496. The number of aliphatic hydroxyl groups is 1. The summed E-state index contributed by atoms with van der Waals surface area (Å²) in [4.78, 5) is 3.37. The molecule has 1 aliphatic rings. The highest BCUT2D eigenvalue weighted by Crippen LogP contribution is 2.46. The van der Waals surface area contributed by atoms with Crippen molar-refractivity contribution in [3.8, 4) is 0 Å². The SMILES string of the molecule is [2H]O[C@@H]1C(O[Si](C)(C)C(C)(C)C)[C@H](B)O[C@@H]1COP(OCC[N+]#[C-])N(C(C)C)C(C)C. The van der Waals surface area contributed by atoms with Crippen LogP contribution in [0.15, 0.2) is 0 Å². The monoisotopic (exact) mass is 461 g/mol. The van der Waals surface area contributed by atoms with Crippen molar-refractivity contribution in [1.82, 2.24) is 4.67 Å². The Hall–Kier alpha value is -0.0382. The van der Waals surface area contributed by atoms with Crippen molar-refractivity contribution in [2.24, 2.45) is 0 Å². The number of aliphatic hydroxyl groups excluding tert-OH is 1. The first-order valence-electron chi connectivity index (χ1n) is 11.3. The van der Waals surface area contributed by atoms with Crippen LogP contribution in [0.2, 0.25) is 18.1 Å². The molecule has 1 saturated heterocycles. The van der Waals surface area contributed by atoms with E-state index in [1.165, 1.54) is 0 Å². The molecule has 1 aliphatic heterocycles. The molecule has 1 N–H and O–H groups in total. The van der Waals surface area contributed by atoms with E-state index >= 15 is 0 Å². The lowest BCUT2D eigenvalue weighted by molar-refractivity contribution is -0.00558. The topological polar surface area (TPSA) is 64.8 Å². The van der Waals surface area contributed by atoms with Crippen molar-refractivity contribution >= 4 is 24.7 Å². The van der Waals surface area contributed by atoms with Gasteiger partial charge >= 0.3 is 0 Å². The van der Waals surface area contributed by atoms with Gasteiger partial charge in [0.25, 0.3) is 8.53 Å². The fourth-order valence-electron chi connectivity index (χ4n) is 3.17. The van der Waals surface area contributed by atoms with Crippen LogP contribution in [0.1, 0.15) is 48.5 Å². The molecule has 30 heavy (non-hydrogen) atoms. The van der Waals surface area contributed by atoms with E-state index in [1.54, 1.807) is 0 Å². The smallest absolute Gasteiger partial charge is 0.259 e. The molecular weight excluding hydrogens is 418 g/mol. The summed E-state index contributed by atoms with van der Waals surface area (Å²) in [5.41, 5.74) is 0. The molecule has 1 heterocycles. The number of nitrogens with zero attached hydrogens (tertiary/aromatic N) is 2. The van der Waals surface area contributed by atoms with E-state index in [0.29, 0.717) is 13.2 Å². The van der Waals surface area contributed by atoms with Gasteiger partial charge < -0.3 is 28.2 Å². The summed E-state index contributed by atoms with van der Waals surface area (Å²) in [6, 6.07) is 0.249. The van der Waals surface area contributed by atoms with Crippen LogP contribution in [0.25, 0.3) is 4.85 Å². The first-order valence-corrected chi connectivity index (χ1v) is 14.9. The molecule has 10 heteroatoms. The third-order valence-corrected chi connectivity index (χ3v) is 12.3. The quantitative estimate of drug-likeness (QED) is 0.208. The highest BCUT2D eigenvalue weighted by molar-refractivity contribution is 7.44. The van der Waals surface area contributed by atoms with Crippen LogP contribution in [0.3, 0.4) is 0 Å². The molecule has 0 aromatic heterocycles. The van der Waals surface area contributed by atoms with Crippen LogP contribution in [0.4, 0.5) is 0 Å². The molecule has 0 aromatic rings. The normalized spacial score (nSPS) is 27.0. The summed E-state index contributed by atoms with van der Waals surface area (Å²) >= 11 is 0. The van der Waals surface area contributed by atoms with Gasteiger partial charge in [-0.3, -0.25) is 0 Å². The Kier molecular flexibility index (Phi) is 10.2. The predicted octanol–water partition coefficient (Wildman–Crippen LogP) is 3.39. The van der Waals surface area contributed by atoms with Gasteiger partial charge in [0.1, 0.15) is 26.7 Å². The second kappa shape index (κ2) is 11.7. The molecule has 0 aromatic carbocycles. The highest BCUT2D eigenvalue weighted by atomic mass is 31.2. The molecule has 0 amide bonds. The Labute approximate surface area is 188 Å². The second-order valence-electron chi connectivity index (χ2n) is 10.0. The lowest BCUT2D eigenvalue weighted by atomic mass is 9.93. The summed E-state index contributed by atoms with van der Waals surface area (Å²) in [6.07, 6.45) is -1.26. The van der Waals surface area contributed by atoms with E-state index in [1.807, 2.05) is 7.85 Å². The van der Waals surface area contributed by atoms with Gasteiger partial charge in [-0.15, -0.1) is 0 Å². The van der Waals surface area contributed by atoms with Gasteiger partial charge in [-0.1, -0.05) is 20.8 Å². The Morgan fingerprint density at radius 3 is 2.33 bits per heavy atom. The maximum absolute atomic E-state index is 7.69. The van der Waals surface area contributed by atoms with Gasteiger partial charge in [0.2, 0.25) is 7.98 Å². The van der Waals surface area contributed by atoms with Gasteiger partial charge in [0.15, 0.2) is 8.32 Å². The molecule has 0 saturated carbocycles. The first-order chi connectivity index (χ1) is 14.3. The summed E-state index contributed by atoms with van der Waals surface area (Å²) < 4.78 is 34.7. The summed E-state index contributed by atoms with van der Waals surface area (Å²) in [5.74, 6) is 0. The lowest BCUT2D eigenvalue weighted by Crippen LogP contribution is -2.49. The predicted molar refractivity (Wildman–Crippen MR) is 128 cm³/mol. The lowest BCUT2D eigenvalue weighted by Gasteiger charge is -2.39. The molecule has 7 nitrogen and oxygen atoms in total. The maximum Gasteiger partial charge on any atom is 0.259 e. The molecule has 0 bridgehead atoms. The average molecular weight is 461 g/mol. The van der Waals surface area contributed by atoms with Crippen LogP contribution >= 0.6 is 8.53 Å². The Bertz CT molecular complexity index is 583. The molecule has 2 unspecified atom stereocenters. The molecule has 174 valence electrons. The first kappa shape index (κ1) is 26.2. The van der Waals surface area contributed by atoms with Crippen molar-refractivity contribution in [3.63, 3.8) is 0 Å². The zero-order valence-corrected chi connectivity index (χ0v) is 22.4. The third kappa shape index (κ3) is 7.53. The van der Waals surface area contributed by atoms with Crippen LogP contribution in [0, 0.1) is 6.57 Å². The molecule has 0 spiro atoms. The van der Waals surface area contributed by atoms with Gasteiger partial charge in [-0.25, -0.2) is 11.2 Å². The molecule has 0 radical (unpaired) electrons. The summed E-state index contributed by atoms with van der Waals surface area (Å²) in [5, 5.41) is 5.16. The number of hydrogen-bond donors (Lipinski definition) is 1. The van der Waals surface area contributed by atoms with Gasteiger partial charge in [0.05, 0.1) is 18.7 Å². The molecule has 1 rings (SSSR count). The summed E-state index contributed by atoms with van der Waals surface area (Å²) in [6.45, 7) is 27.2.